The Morgan fingerprint density at radius 2 is 1.90 bits per heavy atom. The van der Waals surface area contributed by atoms with Gasteiger partial charge in [-0.3, -0.25) is 0 Å². The first-order valence-corrected chi connectivity index (χ1v) is 8.84. The summed E-state index contributed by atoms with van der Waals surface area (Å²) in [6.45, 7) is 4.66. The molecule has 1 N–H and O–H groups in total. The number of hydrogen-bond acceptors (Lipinski definition) is 3. The van der Waals surface area contributed by atoms with Gasteiger partial charge in [0.05, 0.1) is 4.47 Å². The molecule has 1 saturated carbocycles. The van der Waals surface area contributed by atoms with E-state index < -0.39 is 0 Å². The molecule has 0 amide bonds. The van der Waals surface area contributed by atoms with Crippen LogP contribution in [0.3, 0.4) is 0 Å². The molecule has 116 valence electrons. The number of rotatable bonds is 5. The molecule has 1 aromatic carbocycles. The van der Waals surface area contributed by atoms with E-state index in [9.17, 15) is 0 Å². The molecule has 1 aliphatic carbocycles. The lowest BCUT2D eigenvalue weighted by atomic mass is 9.81. The maximum atomic E-state index is 5.46. The molecular weight excluding hydrogens is 330 g/mol. The second-order valence-electron chi connectivity index (χ2n) is 6.24. The van der Waals surface area contributed by atoms with E-state index in [0.29, 0.717) is 6.79 Å². The molecule has 0 radical (unpaired) electrons. The number of hydrogen-bond donors (Lipinski definition) is 1. The fraction of sp³-hybridized carbons (Fsp3) is 0.647. The third kappa shape index (κ3) is 3.72. The Bertz CT molecular complexity index is 484. The van der Waals surface area contributed by atoms with Crippen molar-refractivity contribution in [3.8, 4) is 11.5 Å². The molecular formula is C17H24BrNO2. The monoisotopic (exact) mass is 353 g/mol. The van der Waals surface area contributed by atoms with Crippen LogP contribution in [-0.4, -0.2) is 13.3 Å². The predicted octanol–water partition coefficient (Wildman–Crippen LogP) is 4.48. The van der Waals surface area contributed by atoms with Crippen molar-refractivity contribution in [2.24, 2.45) is 11.8 Å². The molecule has 3 nitrogen and oxygen atoms in total. The zero-order chi connectivity index (χ0) is 14.7. The molecule has 0 bridgehead atoms. The predicted molar refractivity (Wildman–Crippen MR) is 87.7 cm³/mol. The molecule has 1 aromatic rings. The topological polar surface area (TPSA) is 30.5 Å². The summed E-state index contributed by atoms with van der Waals surface area (Å²) in [5.74, 6) is 3.51. The zero-order valence-corrected chi connectivity index (χ0v) is 14.2. The van der Waals surface area contributed by atoms with E-state index in [1.807, 2.05) is 0 Å². The maximum absolute atomic E-state index is 5.46. The van der Waals surface area contributed by atoms with E-state index in [0.717, 1.165) is 40.9 Å². The Morgan fingerprint density at radius 1 is 1.14 bits per heavy atom. The highest BCUT2D eigenvalue weighted by Gasteiger charge is 2.20. The number of fused-ring (bicyclic) bond motifs is 1. The van der Waals surface area contributed by atoms with Crippen LogP contribution in [0.5, 0.6) is 11.5 Å². The number of nitrogens with one attached hydrogen (secondary N) is 1. The van der Waals surface area contributed by atoms with Gasteiger partial charge in [-0.1, -0.05) is 26.2 Å². The second-order valence-corrected chi connectivity index (χ2v) is 7.09. The summed E-state index contributed by atoms with van der Waals surface area (Å²) in [4.78, 5) is 0. The molecule has 1 heterocycles. The first-order valence-electron chi connectivity index (χ1n) is 8.05. The van der Waals surface area contributed by atoms with Crippen molar-refractivity contribution in [2.75, 3.05) is 13.3 Å². The highest BCUT2D eigenvalue weighted by Crippen LogP contribution is 2.40. The zero-order valence-electron chi connectivity index (χ0n) is 12.7. The van der Waals surface area contributed by atoms with Gasteiger partial charge in [0.2, 0.25) is 6.79 Å². The van der Waals surface area contributed by atoms with E-state index in [-0.39, 0.29) is 0 Å². The molecule has 4 heteroatoms. The molecule has 0 unspecified atom stereocenters. The van der Waals surface area contributed by atoms with Crippen LogP contribution < -0.4 is 14.8 Å². The lowest BCUT2D eigenvalue weighted by molar-refractivity contribution is 0.173. The van der Waals surface area contributed by atoms with Crippen molar-refractivity contribution in [1.82, 2.24) is 5.32 Å². The first-order chi connectivity index (χ1) is 10.3. The van der Waals surface area contributed by atoms with Crippen molar-refractivity contribution >= 4 is 15.9 Å². The quantitative estimate of drug-likeness (QED) is 0.846. The minimum absolute atomic E-state index is 0.325. The van der Waals surface area contributed by atoms with Crippen LogP contribution in [0.4, 0.5) is 0 Å². The van der Waals surface area contributed by atoms with Crippen LogP contribution in [-0.2, 0) is 6.54 Å². The average molecular weight is 354 g/mol. The summed E-state index contributed by atoms with van der Waals surface area (Å²) < 4.78 is 11.9. The molecule has 0 saturated heterocycles. The summed E-state index contributed by atoms with van der Waals surface area (Å²) >= 11 is 3.55. The van der Waals surface area contributed by atoms with E-state index in [1.54, 1.807) is 0 Å². The van der Waals surface area contributed by atoms with Gasteiger partial charge in [-0.2, -0.15) is 0 Å². The van der Waals surface area contributed by atoms with Gasteiger partial charge < -0.3 is 14.8 Å². The largest absolute Gasteiger partial charge is 0.454 e. The van der Waals surface area contributed by atoms with Crippen LogP contribution in [0.1, 0.15) is 44.6 Å². The van der Waals surface area contributed by atoms with Gasteiger partial charge >= 0.3 is 0 Å². The third-order valence-corrected chi connectivity index (χ3v) is 5.38. The number of halogens is 1. The van der Waals surface area contributed by atoms with E-state index in [2.05, 4.69) is 40.3 Å². The van der Waals surface area contributed by atoms with Gasteiger partial charge in [-0.05, 0) is 64.8 Å². The molecule has 0 aromatic heterocycles. The highest BCUT2D eigenvalue weighted by atomic mass is 79.9. The summed E-state index contributed by atoms with van der Waals surface area (Å²) in [7, 11) is 0. The smallest absolute Gasteiger partial charge is 0.231 e. The Labute approximate surface area is 135 Å². The van der Waals surface area contributed by atoms with Crippen molar-refractivity contribution in [3.63, 3.8) is 0 Å². The van der Waals surface area contributed by atoms with E-state index in [1.165, 1.54) is 37.7 Å². The minimum atomic E-state index is 0.325. The Balaban J connectivity index is 1.47. The summed E-state index contributed by atoms with van der Waals surface area (Å²) in [6, 6.07) is 4.20. The normalized spacial score (nSPS) is 24.3. The van der Waals surface area contributed by atoms with Crippen LogP contribution in [0.15, 0.2) is 16.6 Å². The van der Waals surface area contributed by atoms with Crippen LogP contribution in [0.25, 0.3) is 0 Å². The van der Waals surface area contributed by atoms with Gasteiger partial charge in [0.25, 0.3) is 0 Å². The molecule has 1 aliphatic heterocycles. The fourth-order valence-electron chi connectivity index (χ4n) is 3.39. The standard InChI is InChI=1S/C17H24BrNO2/c1-2-12-3-5-13(6-4-12)9-19-10-14-7-15(18)17-16(8-14)20-11-21-17/h7-8,12-13,19H,2-6,9-11H2,1H3. The Morgan fingerprint density at radius 3 is 2.67 bits per heavy atom. The van der Waals surface area contributed by atoms with Crippen molar-refractivity contribution in [2.45, 2.75) is 45.6 Å². The molecule has 0 spiro atoms. The maximum Gasteiger partial charge on any atom is 0.231 e. The van der Waals surface area contributed by atoms with Crippen LogP contribution in [0.2, 0.25) is 0 Å². The minimum Gasteiger partial charge on any atom is -0.454 e. The summed E-state index contributed by atoms with van der Waals surface area (Å²) in [6.07, 6.45) is 6.95. The van der Waals surface area contributed by atoms with Gasteiger partial charge in [0, 0.05) is 6.54 Å². The summed E-state index contributed by atoms with van der Waals surface area (Å²) in [5, 5.41) is 3.61. The third-order valence-electron chi connectivity index (χ3n) is 4.79. The van der Waals surface area contributed by atoms with Crippen molar-refractivity contribution in [3.05, 3.63) is 22.2 Å². The van der Waals surface area contributed by atoms with Crippen molar-refractivity contribution in [1.29, 1.82) is 0 Å². The van der Waals surface area contributed by atoms with E-state index in [4.69, 9.17) is 9.47 Å². The lowest BCUT2D eigenvalue weighted by Crippen LogP contribution is -2.26. The average Bonchev–Trinajstić information content (AvgIpc) is 2.97. The summed E-state index contributed by atoms with van der Waals surface area (Å²) in [5.41, 5.74) is 1.24. The van der Waals surface area contributed by atoms with Crippen molar-refractivity contribution < 1.29 is 9.47 Å². The lowest BCUT2D eigenvalue weighted by Gasteiger charge is -2.28. The molecule has 0 atom stereocenters. The molecule has 2 aliphatic rings. The Kier molecular flexibility index (Phi) is 5.07. The highest BCUT2D eigenvalue weighted by molar-refractivity contribution is 9.10. The number of ether oxygens (including phenoxy) is 2. The van der Waals surface area contributed by atoms with Crippen LogP contribution >= 0.6 is 15.9 Å². The van der Waals surface area contributed by atoms with E-state index >= 15 is 0 Å². The molecule has 1 fully saturated rings. The number of benzene rings is 1. The fourth-order valence-corrected chi connectivity index (χ4v) is 3.99. The van der Waals surface area contributed by atoms with Gasteiger partial charge in [-0.15, -0.1) is 0 Å². The second kappa shape index (κ2) is 7.01. The first kappa shape index (κ1) is 15.2. The van der Waals surface area contributed by atoms with Gasteiger partial charge in [-0.25, -0.2) is 0 Å². The van der Waals surface area contributed by atoms with Gasteiger partial charge in [0.15, 0.2) is 11.5 Å². The Hall–Kier alpha value is -0.740. The van der Waals surface area contributed by atoms with Crippen LogP contribution in [0, 0.1) is 11.8 Å². The molecule has 3 rings (SSSR count). The van der Waals surface area contributed by atoms with Gasteiger partial charge in [0.1, 0.15) is 0 Å². The molecule has 21 heavy (non-hydrogen) atoms. The SMILES string of the molecule is CCC1CCC(CNCc2cc(Br)c3c(c2)OCO3)CC1.